The average Bonchev–Trinajstić information content (AvgIpc) is 3.35. The molecular formula is C16H17ClN6O3. The van der Waals surface area contributed by atoms with Crippen LogP contribution in [-0.4, -0.2) is 24.8 Å². The number of non-ortho nitro benzene ring substituents is 1. The van der Waals surface area contributed by atoms with Gasteiger partial charge < -0.3 is 10.3 Å². The molecule has 4 rings (SSSR count). The Hall–Kier alpha value is -2.78. The van der Waals surface area contributed by atoms with Crippen molar-refractivity contribution in [3.05, 3.63) is 52.5 Å². The van der Waals surface area contributed by atoms with E-state index in [2.05, 4.69) is 15.2 Å². The van der Waals surface area contributed by atoms with E-state index in [0.29, 0.717) is 17.2 Å². The van der Waals surface area contributed by atoms with Crippen LogP contribution in [0.2, 0.25) is 0 Å². The van der Waals surface area contributed by atoms with Crippen LogP contribution in [0.3, 0.4) is 0 Å². The molecule has 0 unspecified atom stereocenters. The number of rotatable bonds is 4. The first-order valence-corrected chi connectivity index (χ1v) is 7.99. The molecule has 0 spiro atoms. The summed E-state index contributed by atoms with van der Waals surface area (Å²) in [7, 11) is 0. The van der Waals surface area contributed by atoms with Gasteiger partial charge in [-0.25, -0.2) is 4.68 Å². The van der Waals surface area contributed by atoms with Gasteiger partial charge in [-0.2, -0.15) is 10.1 Å². The van der Waals surface area contributed by atoms with Gasteiger partial charge >= 0.3 is 0 Å². The Morgan fingerprint density at radius 3 is 2.77 bits per heavy atom. The van der Waals surface area contributed by atoms with E-state index in [9.17, 15) is 10.1 Å². The summed E-state index contributed by atoms with van der Waals surface area (Å²) in [6.45, 7) is 0. The zero-order valence-corrected chi connectivity index (χ0v) is 14.6. The monoisotopic (exact) mass is 376 g/mol. The normalized spacial score (nSPS) is 15.6. The number of nitrogens with zero attached hydrogens (tertiary/aromatic N) is 5. The zero-order valence-electron chi connectivity index (χ0n) is 13.7. The molecule has 2 N–H and O–H groups in total. The summed E-state index contributed by atoms with van der Waals surface area (Å²) in [5, 5.41) is 19.3. The summed E-state index contributed by atoms with van der Waals surface area (Å²) >= 11 is 0. The second kappa shape index (κ2) is 6.85. The van der Waals surface area contributed by atoms with Gasteiger partial charge in [0.05, 0.1) is 16.1 Å². The van der Waals surface area contributed by atoms with Crippen LogP contribution >= 0.6 is 12.4 Å². The number of hydrogen-bond donors (Lipinski definition) is 1. The van der Waals surface area contributed by atoms with Gasteiger partial charge in [-0.3, -0.25) is 10.1 Å². The van der Waals surface area contributed by atoms with Crippen LogP contribution in [0.4, 0.5) is 5.69 Å². The molecule has 1 fully saturated rings. The molecule has 136 valence electrons. The van der Waals surface area contributed by atoms with E-state index in [-0.39, 0.29) is 24.0 Å². The topological polar surface area (TPSA) is 126 Å². The lowest BCUT2D eigenvalue weighted by Crippen LogP contribution is -2.34. The molecule has 2 heterocycles. The van der Waals surface area contributed by atoms with Crippen LogP contribution in [0.5, 0.6) is 0 Å². The quantitative estimate of drug-likeness (QED) is 0.547. The number of aromatic nitrogens is 4. The van der Waals surface area contributed by atoms with Gasteiger partial charge in [0.25, 0.3) is 11.6 Å². The van der Waals surface area contributed by atoms with Crippen molar-refractivity contribution >= 4 is 18.1 Å². The molecule has 10 heteroatoms. The maximum absolute atomic E-state index is 10.9. The number of hydrogen-bond acceptors (Lipinski definition) is 7. The second-order valence-electron chi connectivity index (χ2n) is 6.21. The lowest BCUT2D eigenvalue weighted by molar-refractivity contribution is -0.384. The van der Waals surface area contributed by atoms with Gasteiger partial charge in [-0.15, -0.1) is 12.4 Å². The van der Waals surface area contributed by atoms with Crippen molar-refractivity contribution in [1.82, 2.24) is 19.9 Å². The summed E-state index contributed by atoms with van der Waals surface area (Å²) in [6, 6.07) is 7.94. The summed E-state index contributed by atoms with van der Waals surface area (Å²) in [5.74, 6) is 0.792. The molecule has 9 nitrogen and oxygen atoms in total. The maximum Gasteiger partial charge on any atom is 0.278 e. The van der Waals surface area contributed by atoms with Gasteiger partial charge in [0.2, 0.25) is 0 Å². The third-order valence-electron chi connectivity index (χ3n) is 4.48. The first-order valence-electron chi connectivity index (χ1n) is 7.99. The van der Waals surface area contributed by atoms with E-state index in [0.717, 1.165) is 25.7 Å². The largest absolute Gasteiger partial charge is 0.332 e. The van der Waals surface area contributed by atoms with Crippen molar-refractivity contribution in [1.29, 1.82) is 0 Å². The van der Waals surface area contributed by atoms with Crippen LogP contribution in [0.1, 0.15) is 31.5 Å². The standard InChI is InChI=1S/C16H16N6O3.ClH/c17-16(7-1-2-8-16)15-18-14(25-20-15)13-6-9-21(19-13)11-4-3-5-12(10-11)22(23)24;/h3-6,9-10H,1-2,7-8,17H2;1H. The minimum Gasteiger partial charge on any atom is -0.332 e. The summed E-state index contributed by atoms with van der Waals surface area (Å²) < 4.78 is 6.84. The highest BCUT2D eigenvalue weighted by Gasteiger charge is 2.36. The summed E-state index contributed by atoms with van der Waals surface area (Å²) in [6.07, 6.45) is 5.48. The Morgan fingerprint density at radius 1 is 1.27 bits per heavy atom. The van der Waals surface area contributed by atoms with Crippen molar-refractivity contribution in [2.75, 3.05) is 0 Å². The highest BCUT2D eigenvalue weighted by Crippen LogP contribution is 2.35. The highest BCUT2D eigenvalue weighted by atomic mass is 35.5. The number of nitrogens with two attached hydrogens (primary N) is 1. The van der Waals surface area contributed by atoms with Crippen LogP contribution in [0.25, 0.3) is 17.3 Å². The van der Waals surface area contributed by atoms with Crippen molar-refractivity contribution in [3.8, 4) is 17.3 Å². The lowest BCUT2D eigenvalue weighted by Gasteiger charge is -2.17. The molecule has 1 aromatic carbocycles. The molecule has 3 aromatic rings. The van der Waals surface area contributed by atoms with Gasteiger partial charge in [-0.1, -0.05) is 24.1 Å². The molecule has 0 bridgehead atoms. The van der Waals surface area contributed by atoms with E-state index >= 15 is 0 Å². The van der Waals surface area contributed by atoms with E-state index in [1.807, 2.05) is 0 Å². The van der Waals surface area contributed by atoms with Crippen LogP contribution in [0.15, 0.2) is 41.1 Å². The third kappa shape index (κ3) is 3.18. The molecular weight excluding hydrogens is 360 g/mol. The first-order chi connectivity index (χ1) is 12.0. The second-order valence-corrected chi connectivity index (χ2v) is 6.21. The van der Waals surface area contributed by atoms with Crippen molar-refractivity contribution in [3.63, 3.8) is 0 Å². The smallest absolute Gasteiger partial charge is 0.278 e. The van der Waals surface area contributed by atoms with Gasteiger partial charge in [-0.05, 0) is 25.0 Å². The maximum atomic E-state index is 10.9. The SMILES string of the molecule is Cl.NC1(c2noc(-c3ccn(-c4cccc([N+](=O)[O-])c4)n3)n2)CCCC1. The molecule has 0 amide bonds. The van der Waals surface area contributed by atoms with Crippen molar-refractivity contribution < 1.29 is 9.45 Å². The summed E-state index contributed by atoms with van der Waals surface area (Å²) in [4.78, 5) is 14.9. The predicted molar refractivity (Wildman–Crippen MR) is 95.1 cm³/mol. The van der Waals surface area contributed by atoms with Crippen LogP contribution < -0.4 is 5.73 Å². The van der Waals surface area contributed by atoms with Gasteiger partial charge in [0.1, 0.15) is 0 Å². The average molecular weight is 377 g/mol. The number of nitro benzene ring substituents is 1. The van der Waals surface area contributed by atoms with Gasteiger partial charge in [0.15, 0.2) is 11.5 Å². The fourth-order valence-corrected chi connectivity index (χ4v) is 3.09. The molecule has 2 aromatic heterocycles. The molecule has 0 atom stereocenters. The van der Waals surface area contributed by atoms with Crippen molar-refractivity contribution in [2.24, 2.45) is 5.73 Å². The Kier molecular flexibility index (Phi) is 4.75. The lowest BCUT2D eigenvalue weighted by atomic mass is 9.99. The van der Waals surface area contributed by atoms with Crippen LogP contribution in [-0.2, 0) is 5.54 Å². The fraction of sp³-hybridized carbons (Fsp3) is 0.312. The number of halogens is 1. The Balaban J connectivity index is 0.00000196. The molecule has 0 saturated heterocycles. The number of benzene rings is 1. The molecule has 1 aliphatic carbocycles. The molecule has 0 aliphatic heterocycles. The van der Waals surface area contributed by atoms with Crippen LogP contribution in [0, 0.1) is 10.1 Å². The molecule has 1 saturated carbocycles. The van der Waals surface area contributed by atoms with Gasteiger partial charge in [0, 0.05) is 18.3 Å². The Labute approximate surface area is 154 Å². The Bertz CT molecular complexity index is 931. The minimum atomic E-state index is -0.523. The van der Waals surface area contributed by atoms with E-state index in [1.54, 1.807) is 24.4 Å². The molecule has 26 heavy (non-hydrogen) atoms. The minimum absolute atomic E-state index is 0. The first kappa shape index (κ1) is 18.0. The van der Waals surface area contributed by atoms with Crippen molar-refractivity contribution in [2.45, 2.75) is 31.2 Å². The van der Waals surface area contributed by atoms with E-state index in [4.69, 9.17) is 10.3 Å². The fourth-order valence-electron chi connectivity index (χ4n) is 3.09. The van der Waals surface area contributed by atoms with E-state index in [1.165, 1.54) is 16.8 Å². The molecule has 0 radical (unpaired) electrons. The predicted octanol–water partition coefficient (Wildman–Crippen LogP) is 2.98. The molecule has 1 aliphatic rings. The summed E-state index contributed by atoms with van der Waals surface area (Å²) in [5.41, 5.74) is 6.88. The van der Waals surface area contributed by atoms with E-state index < -0.39 is 10.5 Å². The third-order valence-corrected chi connectivity index (χ3v) is 4.48. The zero-order chi connectivity index (χ0) is 17.4. The Morgan fingerprint density at radius 2 is 2.04 bits per heavy atom. The number of nitro groups is 1. The highest BCUT2D eigenvalue weighted by molar-refractivity contribution is 5.85.